The molecule has 0 radical (unpaired) electrons. The first kappa shape index (κ1) is 24.8. The van der Waals surface area contributed by atoms with E-state index in [1.54, 1.807) is 17.0 Å². The molecule has 1 heterocycles. The molecular formula is C25H38ClN3O3. The quantitative estimate of drug-likeness (QED) is 0.608. The van der Waals surface area contributed by atoms with E-state index in [1.165, 1.54) is 0 Å². The van der Waals surface area contributed by atoms with Crippen molar-refractivity contribution in [1.29, 1.82) is 0 Å². The van der Waals surface area contributed by atoms with Crippen molar-refractivity contribution < 1.29 is 14.7 Å². The predicted molar refractivity (Wildman–Crippen MR) is 127 cm³/mol. The van der Waals surface area contributed by atoms with Gasteiger partial charge in [0.15, 0.2) is 0 Å². The van der Waals surface area contributed by atoms with Crippen LogP contribution in [0.15, 0.2) is 24.3 Å². The molecule has 3 amide bonds. The minimum absolute atomic E-state index is 0.0454. The summed E-state index contributed by atoms with van der Waals surface area (Å²) in [6, 6.07) is 6.57. The Morgan fingerprint density at radius 2 is 1.84 bits per heavy atom. The SMILES string of the molecule is CC(C)[C@@H](NC(=O)N[C@H]1CC[C@@H](C)C1)C(=O)N1CC[C@](O)(c2ccc(Cl)cc2)C(C)(C)C1. The van der Waals surface area contributed by atoms with E-state index in [9.17, 15) is 14.7 Å². The molecule has 7 heteroatoms. The van der Waals surface area contributed by atoms with Crippen LogP contribution in [0.1, 0.15) is 65.9 Å². The number of hydrogen-bond acceptors (Lipinski definition) is 3. The number of urea groups is 1. The van der Waals surface area contributed by atoms with E-state index in [0.717, 1.165) is 24.8 Å². The monoisotopic (exact) mass is 463 g/mol. The number of nitrogens with one attached hydrogen (secondary N) is 2. The minimum atomic E-state index is -1.06. The van der Waals surface area contributed by atoms with Crippen molar-refractivity contribution in [3.05, 3.63) is 34.9 Å². The van der Waals surface area contributed by atoms with Crippen molar-refractivity contribution in [2.45, 2.75) is 78.0 Å². The maximum absolute atomic E-state index is 13.4. The Bertz CT molecular complexity index is 826. The average molecular weight is 464 g/mol. The second-order valence-electron chi connectivity index (χ2n) is 10.7. The molecule has 1 aliphatic heterocycles. The van der Waals surface area contributed by atoms with Crippen LogP contribution in [-0.2, 0) is 10.4 Å². The second-order valence-corrected chi connectivity index (χ2v) is 11.2. The van der Waals surface area contributed by atoms with Crippen LogP contribution in [0, 0.1) is 17.3 Å². The summed E-state index contributed by atoms with van der Waals surface area (Å²) in [4.78, 5) is 27.8. The molecule has 1 aliphatic carbocycles. The molecule has 178 valence electrons. The lowest BCUT2D eigenvalue weighted by Crippen LogP contribution is -2.61. The molecule has 0 bridgehead atoms. The van der Waals surface area contributed by atoms with E-state index in [-0.39, 0.29) is 23.9 Å². The lowest BCUT2D eigenvalue weighted by atomic mass is 9.66. The van der Waals surface area contributed by atoms with E-state index in [4.69, 9.17) is 11.6 Å². The highest BCUT2D eigenvalue weighted by Crippen LogP contribution is 2.46. The van der Waals surface area contributed by atoms with Gasteiger partial charge < -0.3 is 20.6 Å². The van der Waals surface area contributed by atoms with Crippen molar-refractivity contribution in [3.8, 4) is 0 Å². The van der Waals surface area contributed by atoms with E-state index in [2.05, 4.69) is 17.6 Å². The maximum Gasteiger partial charge on any atom is 0.315 e. The van der Waals surface area contributed by atoms with Crippen LogP contribution in [-0.4, -0.2) is 47.1 Å². The van der Waals surface area contributed by atoms with Crippen molar-refractivity contribution in [2.24, 2.45) is 17.3 Å². The number of carbonyl (C=O) groups excluding carboxylic acids is 2. The molecule has 0 spiro atoms. The molecule has 3 rings (SSSR count). The lowest BCUT2D eigenvalue weighted by molar-refractivity contribution is -0.155. The standard InChI is InChI=1S/C25H38ClN3O3/c1-16(2)21(28-23(31)27-20-11-6-17(3)14-20)22(30)29-13-12-25(32,24(4,5)15-29)18-7-9-19(26)10-8-18/h7-10,16-17,20-21,32H,6,11-15H2,1-5H3,(H2,27,28,31)/t17-,20+,21-,25+/m1/s1. The topological polar surface area (TPSA) is 81.7 Å². The summed E-state index contributed by atoms with van der Waals surface area (Å²) in [6.45, 7) is 10.9. The Balaban J connectivity index is 1.67. The van der Waals surface area contributed by atoms with Gasteiger partial charge in [-0.15, -0.1) is 0 Å². The molecular weight excluding hydrogens is 426 g/mol. The van der Waals surface area contributed by atoms with Gasteiger partial charge in [-0.25, -0.2) is 4.79 Å². The summed E-state index contributed by atoms with van der Waals surface area (Å²) in [5.41, 5.74) is -0.827. The molecule has 2 aliphatic rings. The molecule has 1 aromatic rings. The Kier molecular flexibility index (Phi) is 7.45. The molecule has 1 saturated carbocycles. The summed E-state index contributed by atoms with van der Waals surface area (Å²) < 4.78 is 0. The Labute approximate surface area is 197 Å². The van der Waals surface area contributed by atoms with E-state index < -0.39 is 17.1 Å². The molecule has 2 fully saturated rings. The molecule has 32 heavy (non-hydrogen) atoms. The first-order valence-electron chi connectivity index (χ1n) is 11.8. The molecule has 0 aromatic heterocycles. The lowest BCUT2D eigenvalue weighted by Gasteiger charge is -2.51. The van der Waals surface area contributed by atoms with Gasteiger partial charge in [0.25, 0.3) is 0 Å². The van der Waals surface area contributed by atoms with Crippen LogP contribution in [0.2, 0.25) is 5.02 Å². The van der Waals surface area contributed by atoms with Gasteiger partial charge in [0, 0.05) is 29.6 Å². The largest absolute Gasteiger partial charge is 0.384 e. The van der Waals surface area contributed by atoms with Gasteiger partial charge in [0.1, 0.15) is 6.04 Å². The summed E-state index contributed by atoms with van der Waals surface area (Å²) >= 11 is 6.02. The summed E-state index contributed by atoms with van der Waals surface area (Å²) in [5, 5.41) is 18.2. The van der Waals surface area contributed by atoms with Gasteiger partial charge in [-0.05, 0) is 55.2 Å². The molecule has 3 N–H and O–H groups in total. The first-order chi connectivity index (χ1) is 14.9. The van der Waals surface area contributed by atoms with E-state index in [0.29, 0.717) is 30.5 Å². The van der Waals surface area contributed by atoms with Crippen LogP contribution >= 0.6 is 11.6 Å². The van der Waals surface area contributed by atoms with Crippen LogP contribution in [0.4, 0.5) is 4.79 Å². The van der Waals surface area contributed by atoms with Crippen molar-refractivity contribution >= 4 is 23.5 Å². The highest BCUT2D eigenvalue weighted by Gasteiger charge is 2.50. The zero-order valence-electron chi connectivity index (χ0n) is 20.0. The summed E-state index contributed by atoms with van der Waals surface area (Å²) in [7, 11) is 0. The first-order valence-corrected chi connectivity index (χ1v) is 12.1. The fraction of sp³-hybridized carbons (Fsp3) is 0.680. The summed E-state index contributed by atoms with van der Waals surface area (Å²) in [6.07, 6.45) is 3.51. The zero-order valence-corrected chi connectivity index (χ0v) is 20.7. The number of benzene rings is 1. The van der Waals surface area contributed by atoms with Gasteiger partial charge in [-0.2, -0.15) is 0 Å². The number of carbonyl (C=O) groups is 2. The fourth-order valence-corrected chi connectivity index (χ4v) is 5.31. The number of nitrogens with zero attached hydrogens (tertiary/aromatic N) is 1. The fourth-order valence-electron chi connectivity index (χ4n) is 5.19. The molecule has 0 unspecified atom stereocenters. The van der Waals surface area contributed by atoms with Crippen molar-refractivity contribution in [3.63, 3.8) is 0 Å². The number of rotatable bonds is 5. The number of hydrogen-bond donors (Lipinski definition) is 3. The average Bonchev–Trinajstić information content (AvgIpc) is 3.12. The Morgan fingerprint density at radius 3 is 2.38 bits per heavy atom. The molecule has 6 nitrogen and oxygen atoms in total. The third-order valence-electron chi connectivity index (χ3n) is 7.33. The third-order valence-corrected chi connectivity index (χ3v) is 7.58. The Hall–Kier alpha value is -1.79. The number of halogens is 1. The highest BCUT2D eigenvalue weighted by molar-refractivity contribution is 6.30. The number of likely N-dealkylation sites (tertiary alicyclic amines) is 1. The van der Waals surface area contributed by atoms with Crippen LogP contribution in [0.3, 0.4) is 0 Å². The van der Waals surface area contributed by atoms with Crippen LogP contribution in [0.5, 0.6) is 0 Å². The second kappa shape index (κ2) is 9.60. The third kappa shape index (κ3) is 5.23. The van der Waals surface area contributed by atoms with Gasteiger partial charge in [-0.3, -0.25) is 4.79 Å². The van der Waals surface area contributed by atoms with Gasteiger partial charge in [0.05, 0.1) is 5.60 Å². The molecule has 1 aromatic carbocycles. The Morgan fingerprint density at radius 1 is 1.19 bits per heavy atom. The minimum Gasteiger partial charge on any atom is -0.384 e. The molecule has 1 saturated heterocycles. The van der Waals surface area contributed by atoms with Crippen molar-refractivity contribution in [2.75, 3.05) is 13.1 Å². The van der Waals surface area contributed by atoms with Crippen LogP contribution < -0.4 is 10.6 Å². The predicted octanol–water partition coefficient (Wildman–Crippen LogP) is 4.30. The summed E-state index contributed by atoms with van der Waals surface area (Å²) in [5.74, 6) is 0.481. The van der Waals surface area contributed by atoms with E-state index in [1.807, 2.05) is 39.8 Å². The van der Waals surface area contributed by atoms with E-state index >= 15 is 0 Å². The number of amides is 3. The van der Waals surface area contributed by atoms with Crippen LogP contribution in [0.25, 0.3) is 0 Å². The highest BCUT2D eigenvalue weighted by atomic mass is 35.5. The molecule has 4 atom stereocenters. The normalized spacial score (nSPS) is 28.4. The van der Waals surface area contributed by atoms with Gasteiger partial charge in [0.2, 0.25) is 5.91 Å². The van der Waals surface area contributed by atoms with Gasteiger partial charge in [-0.1, -0.05) is 58.4 Å². The number of aliphatic hydroxyl groups is 1. The van der Waals surface area contributed by atoms with Gasteiger partial charge >= 0.3 is 6.03 Å². The number of piperidine rings is 1. The maximum atomic E-state index is 13.4. The smallest absolute Gasteiger partial charge is 0.315 e. The zero-order chi connectivity index (χ0) is 23.7. The van der Waals surface area contributed by atoms with Crippen molar-refractivity contribution in [1.82, 2.24) is 15.5 Å².